The minimum Gasteiger partial charge on any atom is -0.346 e. The highest BCUT2D eigenvalue weighted by Crippen LogP contribution is 2.25. The number of aromatic nitrogens is 4. The molecule has 1 fully saturated rings. The van der Waals surface area contributed by atoms with Crippen LogP contribution in [0, 0.1) is 6.92 Å². The monoisotopic (exact) mass is 477 g/mol. The molecule has 1 aliphatic heterocycles. The van der Waals surface area contributed by atoms with Crippen LogP contribution in [0.2, 0.25) is 10.0 Å². The molecule has 1 N–H and O–H groups in total. The summed E-state index contributed by atoms with van der Waals surface area (Å²) in [5.74, 6) is 0.710. The molecule has 2 aromatic heterocycles. The minimum absolute atomic E-state index is 0.499. The molecule has 3 heterocycles. The number of halogens is 2. The molecule has 0 amide bonds. The van der Waals surface area contributed by atoms with Crippen molar-refractivity contribution >= 4 is 46.4 Å². The Balaban J connectivity index is 1.29. The number of aryl methyl sites for hydroxylation is 2. The summed E-state index contributed by atoms with van der Waals surface area (Å²) in [6.45, 7) is 7.14. The Morgan fingerprint density at radius 2 is 1.77 bits per heavy atom. The second kappa shape index (κ2) is 9.56. The fraction of sp³-hybridized carbons (Fsp3) is 0.381. The lowest BCUT2D eigenvalue weighted by Gasteiger charge is -2.35. The van der Waals surface area contributed by atoms with Crippen LogP contribution in [0.4, 0.5) is 5.82 Å². The lowest BCUT2D eigenvalue weighted by atomic mass is 10.2. The van der Waals surface area contributed by atoms with Gasteiger partial charge in [-0.25, -0.2) is 0 Å². The minimum atomic E-state index is 0.499. The number of hydrogen-bond acceptors (Lipinski definition) is 4. The topological polar surface area (TPSA) is 54.2 Å². The van der Waals surface area contributed by atoms with Gasteiger partial charge in [0.2, 0.25) is 0 Å². The van der Waals surface area contributed by atoms with E-state index in [1.807, 2.05) is 42.2 Å². The third-order valence-electron chi connectivity index (χ3n) is 5.43. The fourth-order valence-electron chi connectivity index (χ4n) is 3.70. The zero-order chi connectivity index (χ0) is 22.0. The average molecular weight is 478 g/mol. The van der Waals surface area contributed by atoms with Crippen molar-refractivity contribution < 1.29 is 0 Å². The first kappa shape index (κ1) is 22.1. The first-order chi connectivity index (χ1) is 14.9. The first-order valence-corrected chi connectivity index (χ1v) is 11.3. The molecule has 0 bridgehead atoms. The predicted molar refractivity (Wildman–Crippen MR) is 129 cm³/mol. The summed E-state index contributed by atoms with van der Waals surface area (Å²) in [6.07, 6.45) is 3.98. The van der Waals surface area contributed by atoms with Crippen molar-refractivity contribution in [3.8, 4) is 0 Å². The van der Waals surface area contributed by atoms with E-state index in [0.717, 1.165) is 44.0 Å². The van der Waals surface area contributed by atoms with Gasteiger partial charge in [0.15, 0.2) is 10.9 Å². The Morgan fingerprint density at radius 1 is 1.06 bits per heavy atom. The van der Waals surface area contributed by atoms with E-state index >= 15 is 0 Å². The van der Waals surface area contributed by atoms with E-state index in [4.69, 9.17) is 35.4 Å². The fourth-order valence-corrected chi connectivity index (χ4v) is 4.51. The number of hydrogen-bond donors (Lipinski definition) is 1. The van der Waals surface area contributed by atoms with Crippen molar-refractivity contribution in [3.63, 3.8) is 0 Å². The molecule has 31 heavy (non-hydrogen) atoms. The van der Waals surface area contributed by atoms with E-state index in [1.165, 1.54) is 5.56 Å². The molecule has 7 nitrogen and oxygen atoms in total. The smallest absolute Gasteiger partial charge is 0.174 e. The van der Waals surface area contributed by atoms with Gasteiger partial charge in [-0.15, -0.1) is 0 Å². The van der Waals surface area contributed by atoms with E-state index in [1.54, 1.807) is 4.68 Å². The van der Waals surface area contributed by atoms with Crippen LogP contribution in [0.15, 0.2) is 36.7 Å². The number of rotatable bonds is 5. The lowest BCUT2D eigenvalue weighted by molar-refractivity contribution is 0.176. The van der Waals surface area contributed by atoms with Crippen LogP contribution in [0.25, 0.3) is 0 Å². The maximum absolute atomic E-state index is 6.27. The Bertz CT molecular complexity index is 1050. The quantitative estimate of drug-likeness (QED) is 0.564. The molecule has 0 unspecified atom stereocenters. The molecule has 0 radical (unpaired) electrons. The standard InChI is InChI=1S/C21H25Cl2N7S/c1-15-16(12-27(2)25-15)13-28-8-10-29(11-9-28)21(31)24-20-6-7-30(26-20)14-17-18(22)4-3-5-19(17)23/h3-7,12H,8-11,13-14H2,1-2H3,(H,24,26,31). The Hall–Kier alpha value is -2.13. The summed E-state index contributed by atoms with van der Waals surface area (Å²) < 4.78 is 3.67. The molecular formula is C21H25Cl2N7S. The van der Waals surface area contributed by atoms with Gasteiger partial charge in [-0.2, -0.15) is 10.2 Å². The number of thiocarbonyl (C=S) groups is 1. The van der Waals surface area contributed by atoms with E-state index in [9.17, 15) is 0 Å². The van der Waals surface area contributed by atoms with E-state index in [-0.39, 0.29) is 0 Å². The van der Waals surface area contributed by atoms with Gasteiger partial charge in [-0.05, 0) is 31.3 Å². The SMILES string of the molecule is Cc1nn(C)cc1CN1CCN(C(=S)Nc2ccn(Cc3c(Cl)cccc3Cl)n2)CC1. The maximum atomic E-state index is 6.27. The summed E-state index contributed by atoms with van der Waals surface area (Å²) in [5.41, 5.74) is 3.22. The molecule has 0 spiro atoms. The van der Waals surface area contributed by atoms with Gasteiger partial charge >= 0.3 is 0 Å². The predicted octanol–water partition coefficient (Wildman–Crippen LogP) is 3.79. The molecule has 1 aromatic carbocycles. The Kier molecular flexibility index (Phi) is 6.81. The summed E-state index contributed by atoms with van der Waals surface area (Å²) in [6, 6.07) is 7.39. The molecule has 1 aliphatic rings. The molecule has 164 valence electrons. The second-order valence-corrected chi connectivity index (χ2v) is 8.91. The van der Waals surface area contributed by atoms with Crippen LogP contribution in [0.5, 0.6) is 0 Å². The highest BCUT2D eigenvalue weighted by atomic mass is 35.5. The van der Waals surface area contributed by atoms with Crippen LogP contribution in [-0.4, -0.2) is 60.7 Å². The van der Waals surface area contributed by atoms with Gasteiger partial charge in [0, 0.05) is 79.4 Å². The van der Waals surface area contributed by atoms with Gasteiger partial charge < -0.3 is 10.2 Å². The first-order valence-electron chi connectivity index (χ1n) is 10.1. The largest absolute Gasteiger partial charge is 0.346 e. The number of benzene rings is 1. The van der Waals surface area contributed by atoms with Crippen LogP contribution in [0.1, 0.15) is 16.8 Å². The molecule has 0 aliphatic carbocycles. The second-order valence-electron chi connectivity index (χ2n) is 7.71. The Morgan fingerprint density at radius 3 is 2.42 bits per heavy atom. The van der Waals surface area contributed by atoms with Crippen LogP contribution in [0.3, 0.4) is 0 Å². The maximum Gasteiger partial charge on any atom is 0.174 e. The lowest BCUT2D eigenvalue weighted by Crippen LogP contribution is -2.49. The van der Waals surface area contributed by atoms with Crippen LogP contribution < -0.4 is 5.32 Å². The van der Waals surface area contributed by atoms with Crippen LogP contribution >= 0.6 is 35.4 Å². The normalized spacial score (nSPS) is 14.8. The summed E-state index contributed by atoms with van der Waals surface area (Å²) in [4.78, 5) is 4.62. The van der Waals surface area contributed by atoms with Crippen molar-refractivity contribution in [2.75, 3.05) is 31.5 Å². The van der Waals surface area contributed by atoms with Crippen molar-refractivity contribution in [3.05, 3.63) is 63.5 Å². The van der Waals surface area contributed by atoms with Crippen LogP contribution in [-0.2, 0) is 20.1 Å². The highest BCUT2D eigenvalue weighted by molar-refractivity contribution is 7.80. The summed E-state index contributed by atoms with van der Waals surface area (Å²) >= 11 is 18.2. The molecule has 1 saturated heterocycles. The molecule has 4 rings (SSSR count). The third-order valence-corrected chi connectivity index (χ3v) is 6.49. The van der Waals surface area contributed by atoms with E-state index in [2.05, 4.69) is 38.4 Å². The summed E-state index contributed by atoms with van der Waals surface area (Å²) in [5, 5.41) is 14.2. The number of nitrogens with one attached hydrogen (secondary N) is 1. The van der Waals surface area contributed by atoms with Crippen molar-refractivity contribution in [1.29, 1.82) is 0 Å². The summed E-state index contributed by atoms with van der Waals surface area (Å²) in [7, 11) is 1.96. The van der Waals surface area contributed by atoms with Gasteiger partial charge in [0.25, 0.3) is 0 Å². The van der Waals surface area contributed by atoms with Crippen molar-refractivity contribution in [2.45, 2.75) is 20.0 Å². The van der Waals surface area contributed by atoms with Gasteiger partial charge in [0.1, 0.15) is 0 Å². The van der Waals surface area contributed by atoms with Crippen molar-refractivity contribution in [1.82, 2.24) is 29.4 Å². The third kappa shape index (κ3) is 5.38. The zero-order valence-corrected chi connectivity index (χ0v) is 19.9. The molecule has 10 heteroatoms. The molecule has 3 aromatic rings. The van der Waals surface area contributed by atoms with E-state index in [0.29, 0.717) is 27.5 Å². The highest BCUT2D eigenvalue weighted by Gasteiger charge is 2.20. The molecular weight excluding hydrogens is 453 g/mol. The van der Waals surface area contributed by atoms with E-state index < -0.39 is 0 Å². The number of piperazine rings is 1. The average Bonchev–Trinajstić information content (AvgIpc) is 3.30. The van der Waals surface area contributed by atoms with Gasteiger partial charge in [-0.1, -0.05) is 29.3 Å². The zero-order valence-electron chi connectivity index (χ0n) is 17.6. The number of anilines is 1. The van der Waals surface area contributed by atoms with Crippen molar-refractivity contribution in [2.24, 2.45) is 7.05 Å². The Labute approximate surface area is 197 Å². The molecule has 0 saturated carbocycles. The van der Waals surface area contributed by atoms with Gasteiger partial charge in [-0.3, -0.25) is 14.3 Å². The van der Waals surface area contributed by atoms with Gasteiger partial charge in [0.05, 0.1) is 12.2 Å². The molecule has 0 atom stereocenters. The number of nitrogens with zero attached hydrogens (tertiary/aromatic N) is 6.